The number of carbonyl (C=O) groups excluding carboxylic acids is 2. The number of rotatable bonds is 5. The second kappa shape index (κ2) is 15.1. The maximum Gasteiger partial charge on any atom is 0.508 e. The first-order chi connectivity index (χ1) is 21.6. The minimum absolute atomic E-state index is 0.145. The number of likely N-dealkylation sites (N-methyl/N-ethyl adjacent to an activating group) is 1. The molecule has 274 valence electrons. The van der Waals surface area contributed by atoms with E-state index in [2.05, 4.69) is 0 Å². The Balaban J connectivity index is 2.12. The summed E-state index contributed by atoms with van der Waals surface area (Å²) < 4.78 is 42.0. The Morgan fingerprint density at radius 2 is 1.64 bits per heavy atom. The summed E-state index contributed by atoms with van der Waals surface area (Å²) in [6.07, 6.45) is -6.97. The molecule has 0 aromatic rings. The van der Waals surface area contributed by atoms with Crippen molar-refractivity contribution >= 4 is 12.1 Å². The Hall–Kier alpha value is -1.58. The Morgan fingerprint density at radius 3 is 2.19 bits per heavy atom. The van der Waals surface area contributed by atoms with Crippen molar-refractivity contribution in [3.05, 3.63) is 0 Å². The van der Waals surface area contributed by atoms with Crippen LogP contribution >= 0.6 is 0 Å². The largest absolute Gasteiger partial charge is 0.508 e. The van der Waals surface area contributed by atoms with Gasteiger partial charge in [0.05, 0.1) is 55.2 Å². The molecule has 3 aliphatic rings. The van der Waals surface area contributed by atoms with Crippen molar-refractivity contribution in [2.75, 3.05) is 21.2 Å². The SMILES string of the molecule is CC[C@H]1OC(=O)[C@H](C)[C@@H](O)[C@H](C)[C@@H](O[C@@H]2O[C@H](C)C[C@H](N(C)C)[C@H]2OC(=O)OC)[C@](C)(O)C[C@@H](C)[C@@H]2OC(C)(C)O[C@H]([C@H]2C)[C@]1(C)O. The van der Waals surface area contributed by atoms with E-state index in [1.165, 1.54) is 7.11 Å². The fourth-order valence-electron chi connectivity index (χ4n) is 7.95. The van der Waals surface area contributed by atoms with Gasteiger partial charge in [-0.2, -0.15) is 0 Å². The van der Waals surface area contributed by atoms with Gasteiger partial charge < -0.3 is 53.4 Å². The van der Waals surface area contributed by atoms with Gasteiger partial charge in [0, 0.05) is 11.8 Å². The maximum absolute atomic E-state index is 13.6. The zero-order valence-electron chi connectivity index (χ0n) is 30.6. The number of hydrogen-bond donors (Lipinski definition) is 3. The molecule has 3 aliphatic heterocycles. The van der Waals surface area contributed by atoms with E-state index >= 15 is 0 Å². The molecule has 0 aliphatic carbocycles. The van der Waals surface area contributed by atoms with Crippen molar-refractivity contribution in [1.82, 2.24) is 4.90 Å². The molecule has 47 heavy (non-hydrogen) atoms. The van der Waals surface area contributed by atoms with Gasteiger partial charge in [-0.05, 0) is 80.8 Å². The fraction of sp³-hybridized carbons (Fsp3) is 0.941. The van der Waals surface area contributed by atoms with E-state index in [0.29, 0.717) is 12.8 Å². The van der Waals surface area contributed by atoms with Crippen molar-refractivity contribution in [2.24, 2.45) is 23.7 Å². The molecule has 0 spiro atoms. The van der Waals surface area contributed by atoms with E-state index in [0.717, 1.165) is 0 Å². The summed E-state index contributed by atoms with van der Waals surface area (Å²) in [5.41, 5.74) is -3.22. The van der Waals surface area contributed by atoms with Gasteiger partial charge in [-0.15, -0.1) is 0 Å². The van der Waals surface area contributed by atoms with Crippen molar-refractivity contribution in [2.45, 2.75) is 161 Å². The molecule has 0 saturated carbocycles. The molecule has 13 heteroatoms. The lowest BCUT2D eigenvalue weighted by Crippen LogP contribution is -2.64. The summed E-state index contributed by atoms with van der Waals surface area (Å²) in [4.78, 5) is 27.9. The molecule has 3 rings (SSSR count). The lowest BCUT2D eigenvalue weighted by atomic mass is 9.72. The molecule has 0 aromatic carbocycles. The summed E-state index contributed by atoms with van der Waals surface area (Å²) in [6, 6.07) is -0.311. The van der Waals surface area contributed by atoms with Crippen LogP contribution in [0.1, 0.15) is 88.5 Å². The van der Waals surface area contributed by atoms with Crippen molar-refractivity contribution in [3.8, 4) is 0 Å². The quantitative estimate of drug-likeness (QED) is 0.365. The van der Waals surface area contributed by atoms with Crippen LogP contribution in [0.4, 0.5) is 4.79 Å². The number of aliphatic hydroxyl groups excluding tert-OH is 1. The van der Waals surface area contributed by atoms with Crippen LogP contribution in [0.25, 0.3) is 0 Å². The highest BCUT2D eigenvalue weighted by molar-refractivity contribution is 5.73. The molecule has 15 atom stereocenters. The second-order valence-electron chi connectivity index (χ2n) is 15.3. The van der Waals surface area contributed by atoms with Crippen LogP contribution in [0, 0.1) is 23.7 Å². The van der Waals surface area contributed by atoms with Gasteiger partial charge in [0.1, 0.15) is 11.7 Å². The smallest absolute Gasteiger partial charge is 0.459 e. The third-order valence-corrected chi connectivity index (χ3v) is 10.4. The number of methoxy groups -OCH3 is 1. The van der Waals surface area contributed by atoms with Gasteiger partial charge in [-0.3, -0.25) is 4.79 Å². The zero-order valence-corrected chi connectivity index (χ0v) is 30.6. The van der Waals surface area contributed by atoms with E-state index in [-0.39, 0.29) is 30.4 Å². The molecule has 3 saturated heterocycles. The Morgan fingerprint density at radius 1 is 1.02 bits per heavy atom. The monoisotopic (exact) mass is 675 g/mol. The molecule has 13 nitrogen and oxygen atoms in total. The lowest BCUT2D eigenvalue weighted by Gasteiger charge is -2.53. The van der Waals surface area contributed by atoms with E-state index in [4.69, 9.17) is 33.2 Å². The van der Waals surface area contributed by atoms with Gasteiger partial charge >= 0.3 is 12.1 Å². The summed E-state index contributed by atoms with van der Waals surface area (Å²) in [5.74, 6) is -4.39. The highest BCUT2D eigenvalue weighted by atomic mass is 16.8. The Bertz CT molecular complexity index is 1070. The average molecular weight is 676 g/mol. The van der Waals surface area contributed by atoms with Gasteiger partial charge in [-0.1, -0.05) is 27.7 Å². The van der Waals surface area contributed by atoms with E-state index in [1.54, 1.807) is 41.5 Å². The van der Waals surface area contributed by atoms with Crippen LogP contribution in [-0.2, 0) is 38.0 Å². The predicted molar refractivity (Wildman–Crippen MR) is 171 cm³/mol. The molecule has 3 heterocycles. The number of carbonyl (C=O) groups is 2. The Kier molecular flexibility index (Phi) is 12.8. The third kappa shape index (κ3) is 8.78. The fourth-order valence-corrected chi connectivity index (χ4v) is 7.95. The van der Waals surface area contributed by atoms with Gasteiger partial charge in [0.25, 0.3) is 0 Å². The topological polar surface area (TPSA) is 163 Å². The molecule has 3 N–H and O–H groups in total. The highest BCUT2D eigenvalue weighted by Gasteiger charge is 2.56. The van der Waals surface area contributed by atoms with Gasteiger partial charge in [-0.25, -0.2) is 4.79 Å². The van der Waals surface area contributed by atoms with Gasteiger partial charge in [0.2, 0.25) is 0 Å². The molecular formula is C34H61NO12. The number of ether oxygens (including phenoxy) is 7. The molecular weight excluding hydrogens is 614 g/mol. The molecule has 0 unspecified atom stereocenters. The average Bonchev–Trinajstić information content (AvgIpc) is 2.97. The number of cyclic esters (lactones) is 1. The lowest BCUT2D eigenvalue weighted by molar-refractivity contribution is -0.360. The second-order valence-corrected chi connectivity index (χ2v) is 15.3. The summed E-state index contributed by atoms with van der Waals surface area (Å²) in [6.45, 7) is 17.6. The van der Waals surface area contributed by atoms with Crippen LogP contribution in [-0.4, -0.2) is 126 Å². The standard InChI is InChI=1S/C34H61NO12/c1-14-23-34(10,40)28-21(6)25(46-32(7,8)47-28)17(2)16-33(9,39)27(19(4)24(36)20(5)29(37)43-23)45-30-26(44-31(38)41-13)22(35(11)12)15-18(3)42-30/h17-28,30,36,39-40H,14-16H2,1-13H3/t17-,18-,19+,20-,21+,22+,23-,24+,25+,26-,27-,28-,30+,33-,34-/m1/s1. The third-order valence-electron chi connectivity index (χ3n) is 10.4. The summed E-state index contributed by atoms with van der Waals surface area (Å²) in [7, 11) is 4.93. The van der Waals surface area contributed by atoms with Crippen LogP contribution in [0.5, 0.6) is 0 Å². The first-order valence-electron chi connectivity index (χ1n) is 17.0. The first-order valence-corrected chi connectivity index (χ1v) is 17.0. The first kappa shape index (κ1) is 39.9. The molecule has 0 amide bonds. The number of esters is 1. The van der Waals surface area contributed by atoms with Crippen molar-refractivity contribution < 1.29 is 58.1 Å². The number of nitrogens with zero attached hydrogens (tertiary/aromatic N) is 1. The normalized spacial score (nSPS) is 46.7. The number of aliphatic hydroxyl groups is 3. The maximum atomic E-state index is 13.6. The molecule has 0 radical (unpaired) electrons. The van der Waals surface area contributed by atoms with Crippen LogP contribution in [0.3, 0.4) is 0 Å². The number of hydrogen-bond acceptors (Lipinski definition) is 13. The minimum Gasteiger partial charge on any atom is -0.459 e. The highest BCUT2D eigenvalue weighted by Crippen LogP contribution is 2.44. The predicted octanol–water partition coefficient (Wildman–Crippen LogP) is 3.24. The van der Waals surface area contributed by atoms with Crippen LogP contribution < -0.4 is 0 Å². The molecule has 2 bridgehead atoms. The van der Waals surface area contributed by atoms with Crippen LogP contribution in [0.15, 0.2) is 0 Å². The summed E-state index contributed by atoms with van der Waals surface area (Å²) >= 11 is 0. The zero-order chi connectivity index (χ0) is 35.8. The minimum atomic E-state index is -1.63. The van der Waals surface area contributed by atoms with Gasteiger partial charge in [0.15, 0.2) is 18.2 Å². The Labute approximate surface area is 280 Å². The number of fused-ring (bicyclic) bond motifs is 2. The van der Waals surface area contributed by atoms with Crippen molar-refractivity contribution in [1.29, 1.82) is 0 Å². The van der Waals surface area contributed by atoms with E-state index in [1.807, 2.05) is 46.7 Å². The van der Waals surface area contributed by atoms with Crippen molar-refractivity contribution in [3.63, 3.8) is 0 Å². The van der Waals surface area contributed by atoms with E-state index < -0.39 is 83.9 Å². The van der Waals surface area contributed by atoms with Crippen LogP contribution in [0.2, 0.25) is 0 Å². The molecule has 3 fully saturated rings. The van der Waals surface area contributed by atoms with E-state index in [9.17, 15) is 24.9 Å². The molecule has 0 aromatic heterocycles. The summed E-state index contributed by atoms with van der Waals surface area (Å²) in [5, 5.41) is 35.9.